The lowest BCUT2D eigenvalue weighted by Gasteiger charge is -2.54. The molecule has 2 heterocycles. The van der Waals surface area contributed by atoms with Gasteiger partial charge in [0, 0.05) is 19.1 Å². The first-order chi connectivity index (χ1) is 15.5. The zero-order chi connectivity index (χ0) is 24.0. The van der Waals surface area contributed by atoms with Crippen molar-refractivity contribution in [2.24, 2.45) is 0 Å². The fourth-order valence-corrected chi connectivity index (χ4v) is 4.85. The van der Waals surface area contributed by atoms with Gasteiger partial charge in [-0.1, -0.05) is 36.4 Å². The number of ether oxygens (including phenoxy) is 1. The van der Waals surface area contributed by atoms with Crippen molar-refractivity contribution in [1.82, 2.24) is 14.7 Å². The van der Waals surface area contributed by atoms with Gasteiger partial charge < -0.3 is 19.6 Å². The Morgan fingerprint density at radius 1 is 1.21 bits per heavy atom. The fourth-order valence-electron chi connectivity index (χ4n) is 4.85. The third-order valence-corrected chi connectivity index (χ3v) is 6.57. The Morgan fingerprint density at radius 3 is 2.52 bits per heavy atom. The van der Waals surface area contributed by atoms with Crippen molar-refractivity contribution in [2.45, 2.75) is 76.7 Å². The molecule has 1 saturated carbocycles. The summed E-state index contributed by atoms with van der Waals surface area (Å²) in [6.45, 7) is 7.94. The molecule has 2 unspecified atom stereocenters. The van der Waals surface area contributed by atoms with Crippen molar-refractivity contribution in [1.29, 1.82) is 0 Å². The highest BCUT2D eigenvalue weighted by atomic mass is 16.6. The van der Waals surface area contributed by atoms with Gasteiger partial charge in [-0.15, -0.1) is 0 Å². The van der Waals surface area contributed by atoms with E-state index in [1.807, 2.05) is 42.2 Å². The van der Waals surface area contributed by atoms with Crippen LogP contribution in [0, 0.1) is 6.92 Å². The summed E-state index contributed by atoms with van der Waals surface area (Å²) in [5.41, 5.74) is 0.0717. The number of hydrogen-bond acceptors (Lipinski definition) is 4. The minimum Gasteiger partial charge on any atom is -0.465 e. The van der Waals surface area contributed by atoms with Crippen LogP contribution in [0.15, 0.2) is 36.4 Å². The predicted octanol–water partition coefficient (Wildman–Crippen LogP) is 3.78. The molecular formula is C25H33N3O5. The number of fused-ring (bicyclic) bond motifs is 2. The summed E-state index contributed by atoms with van der Waals surface area (Å²) in [5.74, 6) is -0.238. The van der Waals surface area contributed by atoms with Crippen LogP contribution in [0.5, 0.6) is 0 Å². The van der Waals surface area contributed by atoms with Crippen LogP contribution in [0.25, 0.3) is 0 Å². The second kappa shape index (κ2) is 8.39. The minimum absolute atomic E-state index is 0.0229. The van der Waals surface area contributed by atoms with Gasteiger partial charge in [0.25, 0.3) is 5.91 Å². The van der Waals surface area contributed by atoms with E-state index in [-0.39, 0.29) is 31.5 Å². The Hall–Kier alpha value is -3.03. The van der Waals surface area contributed by atoms with Crippen molar-refractivity contribution in [3.63, 3.8) is 0 Å². The molecule has 1 aromatic carbocycles. The monoisotopic (exact) mass is 455 g/mol. The molecule has 3 amide bonds. The predicted molar refractivity (Wildman–Crippen MR) is 123 cm³/mol. The maximum absolute atomic E-state index is 14.2. The van der Waals surface area contributed by atoms with Gasteiger partial charge >= 0.3 is 12.2 Å². The molecular weight excluding hydrogens is 422 g/mol. The Bertz CT molecular complexity index is 980. The van der Waals surface area contributed by atoms with Crippen LogP contribution in [-0.4, -0.2) is 74.2 Å². The lowest BCUT2D eigenvalue weighted by molar-refractivity contribution is -0.151. The van der Waals surface area contributed by atoms with Gasteiger partial charge in [0.05, 0.1) is 12.6 Å². The second-order valence-corrected chi connectivity index (χ2v) is 10.3. The molecule has 2 fully saturated rings. The summed E-state index contributed by atoms with van der Waals surface area (Å²) >= 11 is 0. The van der Waals surface area contributed by atoms with Crippen molar-refractivity contribution in [3.8, 4) is 0 Å². The standard InChI is InChI=1S/C25H33N3O5/c1-17-8-5-6-9-18(17)14-27(19-11-12-19)21(29)25-13-7-10-20(28(25)22(30)31)15-26(16-25)23(32)33-24(2,3)4/h5-10,19-20H,11-16H2,1-4H3,(H,30,31). The van der Waals surface area contributed by atoms with Gasteiger partial charge in [-0.05, 0) is 58.1 Å². The molecule has 33 heavy (non-hydrogen) atoms. The highest BCUT2D eigenvalue weighted by Crippen LogP contribution is 2.39. The molecule has 8 nitrogen and oxygen atoms in total. The quantitative estimate of drug-likeness (QED) is 0.698. The van der Waals surface area contributed by atoms with E-state index in [0.29, 0.717) is 6.54 Å². The number of aryl methyl sites for hydroxylation is 1. The number of carboxylic acid groups (broad SMARTS) is 1. The first-order valence-corrected chi connectivity index (χ1v) is 11.5. The number of nitrogens with zero attached hydrogens (tertiary/aromatic N) is 3. The van der Waals surface area contributed by atoms with E-state index >= 15 is 0 Å². The normalized spacial score (nSPS) is 24.4. The molecule has 1 saturated heterocycles. The van der Waals surface area contributed by atoms with Crippen molar-refractivity contribution in [3.05, 3.63) is 47.5 Å². The van der Waals surface area contributed by atoms with E-state index in [0.717, 1.165) is 24.0 Å². The minimum atomic E-state index is -1.37. The van der Waals surface area contributed by atoms with Crippen molar-refractivity contribution >= 4 is 18.1 Å². The first kappa shape index (κ1) is 23.1. The van der Waals surface area contributed by atoms with E-state index in [2.05, 4.69) is 0 Å². The van der Waals surface area contributed by atoms with Crippen molar-refractivity contribution < 1.29 is 24.2 Å². The third kappa shape index (κ3) is 4.56. The topological polar surface area (TPSA) is 90.4 Å². The van der Waals surface area contributed by atoms with Gasteiger partial charge in [-0.2, -0.15) is 0 Å². The number of carbonyl (C=O) groups excluding carboxylic acids is 2. The first-order valence-electron chi connectivity index (χ1n) is 11.5. The van der Waals surface area contributed by atoms with Crippen LogP contribution in [-0.2, 0) is 16.1 Å². The Morgan fingerprint density at radius 2 is 1.91 bits per heavy atom. The lowest BCUT2D eigenvalue weighted by atomic mass is 9.82. The smallest absolute Gasteiger partial charge is 0.410 e. The highest BCUT2D eigenvalue weighted by molar-refractivity contribution is 5.92. The van der Waals surface area contributed by atoms with Crippen LogP contribution in [0.1, 0.15) is 51.2 Å². The third-order valence-electron chi connectivity index (χ3n) is 6.57. The molecule has 2 aliphatic heterocycles. The highest BCUT2D eigenvalue weighted by Gasteiger charge is 2.58. The molecule has 0 radical (unpaired) electrons. The summed E-state index contributed by atoms with van der Waals surface area (Å²) < 4.78 is 5.57. The molecule has 2 bridgehead atoms. The molecule has 1 N–H and O–H groups in total. The molecule has 8 heteroatoms. The van der Waals surface area contributed by atoms with E-state index in [1.165, 1.54) is 9.80 Å². The Balaban J connectivity index is 1.69. The van der Waals surface area contributed by atoms with Gasteiger partial charge in [0.2, 0.25) is 0 Å². The molecule has 3 aliphatic rings. The zero-order valence-electron chi connectivity index (χ0n) is 19.8. The fraction of sp³-hybridized carbons (Fsp3) is 0.560. The number of benzene rings is 1. The Labute approximate surface area is 194 Å². The maximum atomic E-state index is 14.2. The average molecular weight is 456 g/mol. The molecule has 1 aromatic rings. The van der Waals surface area contributed by atoms with E-state index < -0.39 is 29.4 Å². The van der Waals surface area contributed by atoms with E-state index in [1.54, 1.807) is 26.8 Å². The van der Waals surface area contributed by atoms with Crippen LogP contribution >= 0.6 is 0 Å². The molecule has 0 aromatic heterocycles. The Kier molecular flexibility index (Phi) is 5.88. The summed E-state index contributed by atoms with van der Waals surface area (Å²) in [6, 6.07) is 7.41. The van der Waals surface area contributed by atoms with Crippen LogP contribution in [0.2, 0.25) is 0 Å². The summed E-state index contributed by atoms with van der Waals surface area (Å²) in [6.07, 6.45) is 4.01. The molecule has 2 atom stereocenters. The number of carbonyl (C=O) groups is 3. The largest absolute Gasteiger partial charge is 0.465 e. The summed E-state index contributed by atoms with van der Waals surface area (Å²) in [7, 11) is 0. The molecule has 1 aliphatic carbocycles. The molecule has 0 spiro atoms. The number of amides is 3. The van der Waals surface area contributed by atoms with Crippen LogP contribution in [0.3, 0.4) is 0 Å². The second-order valence-electron chi connectivity index (χ2n) is 10.3. The van der Waals surface area contributed by atoms with Gasteiger partial charge in [-0.3, -0.25) is 9.69 Å². The number of hydrogen-bond donors (Lipinski definition) is 1. The van der Waals surface area contributed by atoms with E-state index in [4.69, 9.17) is 4.74 Å². The lowest BCUT2D eigenvalue weighted by Crippen LogP contribution is -2.74. The van der Waals surface area contributed by atoms with Crippen LogP contribution in [0.4, 0.5) is 9.59 Å². The molecule has 4 rings (SSSR count). The van der Waals surface area contributed by atoms with Gasteiger partial charge in [0.15, 0.2) is 0 Å². The maximum Gasteiger partial charge on any atom is 0.410 e. The summed E-state index contributed by atoms with van der Waals surface area (Å²) in [5, 5.41) is 10.1. The summed E-state index contributed by atoms with van der Waals surface area (Å²) in [4.78, 5) is 44.1. The van der Waals surface area contributed by atoms with Crippen LogP contribution < -0.4 is 0 Å². The molecule has 178 valence electrons. The number of rotatable bonds is 4. The van der Waals surface area contributed by atoms with Gasteiger partial charge in [-0.25, -0.2) is 9.59 Å². The van der Waals surface area contributed by atoms with Gasteiger partial charge in [0.1, 0.15) is 11.1 Å². The van der Waals surface area contributed by atoms with Crippen molar-refractivity contribution in [2.75, 3.05) is 13.1 Å². The zero-order valence-corrected chi connectivity index (χ0v) is 19.8. The van der Waals surface area contributed by atoms with E-state index in [9.17, 15) is 19.5 Å². The average Bonchev–Trinajstić information content (AvgIpc) is 3.55. The number of piperazine rings is 1. The SMILES string of the molecule is Cc1ccccc1CN(C(=O)C12CC=CC(CN(C(=O)OC(C)(C)C)C1)N2C(=O)O)C1CC1.